The zero-order valence-corrected chi connectivity index (χ0v) is 14.7. The second-order valence-electron chi connectivity index (χ2n) is 4.84. The third kappa shape index (κ3) is 3.53. The van der Waals surface area contributed by atoms with Gasteiger partial charge in [-0.05, 0) is 22.6 Å². The summed E-state index contributed by atoms with van der Waals surface area (Å²) in [7, 11) is 1.44. The maximum atomic E-state index is 12.8. The van der Waals surface area contributed by atoms with Crippen molar-refractivity contribution in [3.8, 4) is 11.4 Å². The van der Waals surface area contributed by atoms with E-state index in [1.807, 2.05) is 0 Å². The molecule has 0 unspecified atom stereocenters. The number of aromatic nitrogens is 5. The van der Waals surface area contributed by atoms with E-state index >= 15 is 0 Å². The highest BCUT2D eigenvalue weighted by atomic mass is 32.2. The number of hydrogen-bond donors (Lipinski definition) is 2. The van der Waals surface area contributed by atoms with Crippen LogP contribution in [0.1, 0.15) is 9.88 Å². The number of halogens is 3. The molecule has 0 bridgehead atoms. The highest BCUT2D eigenvalue weighted by molar-refractivity contribution is 7.98. The summed E-state index contributed by atoms with van der Waals surface area (Å²) in [6.45, 7) is 0. The van der Waals surface area contributed by atoms with Crippen molar-refractivity contribution in [1.82, 2.24) is 25.2 Å². The number of nitrogens with two attached hydrogens (primary N) is 1. The first-order valence-corrected chi connectivity index (χ1v) is 8.74. The van der Waals surface area contributed by atoms with Gasteiger partial charge in [-0.1, -0.05) is 6.07 Å². The number of rotatable bonds is 5. The third-order valence-electron chi connectivity index (χ3n) is 3.17. The minimum Gasteiger partial charge on any atom is -0.496 e. The standard InChI is InChI=1S/C13H11F3N6O2S2/c1-24-7-4-2-3-6(22-12(23)19-20-21-22)9(7)25-5-8-18-11(17)10(26-8)13(14,15)16/h2-4H,5,17H2,1H3,(H,19,21,23). The largest absolute Gasteiger partial charge is 0.496 e. The summed E-state index contributed by atoms with van der Waals surface area (Å²) in [5, 5.41) is 9.48. The summed E-state index contributed by atoms with van der Waals surface area (Å²) in [4.78, 5) is 15.1. The highest BCUT2D eigenvalue weighted by Gasteiger charge is 2.36. The summed E-state index contributed by atoms with van der Waals surface area (Å²) in [6.07, 6.45) is -4.55. The van der Waals surface area contributed by atoms with Crippen molar-refractivity contribution in [1.29, 1.82) is 0 Å². The second kappa shape index (κ2) is 6.99. The maximum Gasteiger partial charge on any atom is 0.429 e. The zero-order valence-electron chi connectivity index (χ0n) is 13.1. The van der Waals surface area contributed by atoms with Gasteiger partial charge in [0.1, 0.15) is 16.6 Å². The Balaban J connectivity index is 1.93. The van der Waals surface area contributed by atoms with Crippen molar-refractivity contribution in [3.05, 3.63) is 38.6 Å². The number of nitrogens with zero attached hydrogens (tertiary/aromatic N) is 4. The van der Waals surface area contributed by atoms with Gasteiger partial charge >= 0.3 is 11.9 Å². The molecule has 0 aliphatic heterocycles. The number of ether oxygens (including phenoxy) is 1. The maximum absolute atomic E-state index is 12.8. The molecule has 3 rings (SSSR count). The number of anilines is 1. The SMILES string of the molecule is COc1cccc(-n2nn[nH]c2=O)c1SCc1nc(N)c(C(F)(F)F)s1. The Labute approximate surface area is 152 Å². The molecule has 0 radical (unpaired) electrons. The smallest absolute Gasteiger partial charge is 0.429 e. The second-order valence-corrected chi connectivity index (χ2v) is 6.90. The van der Waals surface area contributed by atoms with Crippen LogP contribution in [0.25, 0.3) is 5.69 Å². The van der Waals surface area contributed by atoms with E-state index < -0.39 is 22.6 Å². The molecule has 8 nitrogen and oxygen atoms in total. The summed E-state index contributed by atoms with van der Waals surface area (Å²) < 4.78 is 44.8. The molecule has 0 fully saturated rings. The molecule has 26 heavy (non-hydrogen) atoms. The molecule has 0 amide bonds. The Morgan fingerprint density at radius 2 is 2.19 bits per heavy atom. The number of methoxy groups -OCH3 is 1. The molecule has 3 aromatic rings. The molecule has 0 atom stereocenters. The Kier molecular flexibility index (Phi) is 4.91. The van der Waals surface area contributed by atoms with E-state index in [4.69, 9.17) is 10.5 Å². The first-order chi connectivity index (χ1) is 12.3. The monoisotopic (exact) mass is 404 g/mol. The number of thioether (sulfide) groups is 1. The van der Waals surface area contributed by atoms with Crippen LogP contribution in [0.2, 0.25) is 0 Å². The van der Waals surface area contributed by atoms with Crippen LogP contribution >= 0.6 is 23.1 Å². The summed E-state index contributed by atoms with van der Waals surface area (Å²) in [5.74, 6) is -0.0145. The minimum atomic E-state index is -4.55. The number of alkyl halides is 3. The fourth-order valence-electron chi connectivity index (χ4n) is 2.11. The van der Waals surface area contributed by atoms with E-state index in [1.165, 1.54) is 7.11 Å². The lowest BCUT2D eigenvalue weighted by Crippen LogP contribution is -2.17. The topological polar surface area (TPSA) is 112 Å². The van der Waals surface area contributed by atoms with Gasteiger partial charge in [-0.25, -0.2) is 14.9 Å². The number of thiazole rings is 1. The molecule has 2 heterocycles. The molecule has 0 saturated carbocycles. The van der Waals surface area contributed by atoms with Gasteiger partial charge in [0, 0.05) is 0 Å². The average Bonchev–Trinajstić information content (AvgIpc) is 3.17. The molecule has 2 aromatic heterocycles. The highest BCUT2D eigenvalue weighted by Crippen LogP contribution is 2.41. The van der Waals surface area contributed by atoms with Crippen molar-refractivity contribution >= 4 is 28.9 Å². The van der Waals surface area contributed by atoms with Crippen LogP contribution in [0.5, 0.6) is 5.75 Å². The Hall–Kier alpha value is -2.54. The average molecular weight is 404 g/mol. The number of nitrogen functional groups attached to an aromatic ring is 1. The summed E-state index contributed by atoms with van der Waals surface area (Å²) in [5.41, 5.74) is 5.18. The van der Waals surface area contributed by atoms with Crippen LogP contribution in [0.4, 0.5) is 19.0 Å². The lowest BCUT2D eigenvalue weighted by molar-refractivity contribution is -0.133. The van der Waals surface area contributed by atoms with E-state index in [9.17, 15) is 18.0 Å². The summed E-state index contributed by atoms with van der Waals surface area (Å²) in [6, 6.07) is 4.93. The van der Waals surface area contributed by atoms with Gasteiger partial charge < -0.3 is 10.5 Å². The first kappa shape index (κ1) is 18.3. The van der Waals surface area contributed by atoms with Crippen LogP contribution in [-0.2, 0) is 11.9 Å². The molecule has 13 heteroatoms. The van der Waals surface area contributed by atoms with E-state index in [2.05, 4.69) is 20.5 Å². The normalized spacial score (nSPS) is 11.7. The van der Waals surface area contributed by atoms with Crippen molar-refractivity contribution in [2.45, 2.75) is 16.8 Å². The molecular weight excluding hydrogens is 393 g/mol. The minimum absolute atomic E-state index is 0.102. The van der Waals surface area contributed by atoms with Crippen molar-refractivity contribution in [2.24, 2.45) is 0 Å². The predicted molar refractivity (Wildman–Crippen MR) is 89.6 cm³/mol. The predicted octanol–water partition coefficient (Wildman–Crippen LogP) is 2.31. The van der Waals surface area contributed by atoms with Crippen molar-refractivity contribution < 1.29 is 17.9 Å². The van der Waals surface area contributed by atoms with Crippen LogP contribution in [0.15, 0.2) is 27.9 Å². The molecule has 138 valence electrons. The van der Waals surface area contributed by atoms with E-state index in [0.717, 1.165) is 16.4 Å². The van der Waals surface area contributed by atoms with E-state index in [-0.39, 0.29) is 10.8 Å². The molecule has 0 aliphatic carbocycles. The van der Waals surface area contributed by atoms with E-state index in [1.54, 1.807) is 18.2 Å². The quantitative estimate of drug-likeness (QED) is 0.628. The Bertz CT molecular complexity index is 981. The number of aromatic amines is 1. The number of hydrogen-bond acceptors (Lipinski definition) is 8. The van der Waals surface area contributed by atoms with Crippen molar-refractivity contribution in [2.75, 3.05) is 12.8 Å². The number of benzene rings is 1. The fraction of sp³-hybridized carbons (Fsp3) is 0.231. The van der Waals surface area contributed by atoms with Crippen LogP contribution < -0.4 is 16.2 Å². The molecule has 0 spiro atoms. The van der Waals surface area contributed by atoms with Gasteiger partial charge in [0.25, 0.3) is 0 Å². The molecule has 0 saturated heterocycles. The Morgan fingerprint density at radius 1 is 1.42 bits per heavy atom. The number of tetrazole rings is 1. The molecular formula is C13H11F3N6O2S2. The molecule has 1 aromatic carbocycles. The molecule has 3 N–H and O–H groups in total. The number of H-pyrrole nitrogens is 1. The lowest BCUT2D eigenvalue weighted by Gasteiger charge is -2.11. The van der Waals surface area contributed by atoms with E-state index in [0.29, 0.717) is 27.7 Å². The van der Waals surface area contributed by atoms with Gasteiger partial charge in [-0.2, -0.15) is 17.9 Å². The van der Waals surface area contributed by atoms with Crippen LogP contribution in [0, 0.1) is 0 Å². The number of nitrogens with one attached hydrogen (secondary N) is 1. The van der Waals surface area contributed by atoms with Gasteiger partial charge in [0.2, 0.25) is 0 Å². The third-order valence-corrected chi connectivity index (χ3v) is 5.59. The summed E-state index contributed by atoms with van der Waals surface area (Å²) >= 11 is 1.63. The van der Waals surface area contributed by atoms with Crippen LogP contribution in [0.3, 0.4) is 0 Å². The van der Waals surface area contributed by atoms with Gasteiger partial charge in [0.05, 0.1) is 23.4 Å². The van der Waals surface area contributed by atoms with Gasteiger partial charge in [0.15, 0.2) is 4.88 Å². The first-order valence-electron chi connectivity index (χ1n) is 6.94. The van der Waals surface area contributed by atoms with Crippen molar-refractivity contribution in [3.63, 3.8) is 0 Å². The van der Waals surface area contributed by atoms with Gasteiger partial charge in [-0.15, -0.1) is 23.1 Å². The van der Waals surface area contributed by atoms with Gasteiger partial charge in [-0.3, -0.25) is 0 Å². The fourth-order valence-corrected chi connectivity index (χ4v) is 4.10. The molecule has 0 aliphatic rings. The Morgan fingerprint density at radius 3 is 2.77 bits per heavy atom. The zero-order chi connectivity index (χ0) is 18.9. The lowest BCUT2D eigenvalue weighted by atomic mass is 10.3. The van der Waals surface area contributed by atoms with Crippen LogP contribution in [-0.4, -0.2) is 32.3 Å².